The van der Waals surface area contributed by atoms with Gasteiger partial charge in [-0.05, 0) is 138 Å². The maximum Gasteiger partial charge on any atom is 0.0646 e. The van der Waals surface area contributed by atoms with Gasteiger partial charge in [-0.15, -0.1) is 34.0 Å². The lowest BCUT2D eigenvalue weighted by Crippen LogP contribution is -2.10. The number of anilines is 6. The lowest BCUT2D eigenvalue weighted by Gasteiger charge is -2.27. The van der Waals surface area contributed by atoms with Crippen molar-refractivity contribution in [3.63, 3.8) is 0 Å². The fourth-order valence-corrected chi connectivity index (χ4v) is 12.9. The minimum atomic E-state index is 1.11. The van der Waals surface area contributed by atoms with Crippen molar-refractivity contribution >= 4 is 129 Å². The first-order valence-corrected chi connectivity index (χ1v) is 24.3. The average Bonchev–Trinajstić information content (AvgIpc) is 4.06. The first-order valence-electron chi connectivity index (χ1n) is 21.9. The first-order chi connectivity index (χ1) is 32.2. The predicted octanol–water partition coefficient (Wildman–Crippen LogP) is 19.1. The molecule has 0 N–H and O–H groups in total. The van der Waals surface area contributed by atoms with Gasteiger partial charge in [0.15, 0.2) is 0 Å². The fraction of sp³-hybridized carbons (Fsp3) is 0. The van der Waals surface area contributed by atoms with Crippen molar-refractivity contribution in [2.45, 2.75) is 0 Å². The summed E-state index contributed by atoms with van der Waals surface area (Å²) < 4.78 is 7.79. The van der Waals surface area contributed by atoms with E-state index in [1.165, 1.54) is 77.2 Å². The zero-order valence-corrected chi connectivity index (χ0v) is 37.5. The van der Waals surface area contributed by atoms with Crippen molar-refractivity contribution in [1.82, 2.24) is 0 Å². The third-order valence-electron chi connectivity index (χ3n) is 12.6. The van der Waals surface area contributed by atoms with Gasteiger partial charge in [0.05, 0.1) is 10.4 Å². The number of rotatable bonds is 8. The van der Waals surface area contributed by atoms with Gasteiger partial charge in [-0.1, -0.05) is 115 Å². The summed E-state index contributed by atoms with van der Waals surface area (Å²) in [7, 11) is 0. The smallest absolute Gasteiger partial charge is 0.0646 e. The van der Waals surface area contributed by atoms with E-state index in [0.717, 1.165) is 39.7 Å². The zero-order chi connectivity index (χ0) is 42.8. The molecule has 2 nitrogen and oxygen atoms in total. The van der Waals surface area contributed by atoms with Crippen molar-refractivity contribution in [2.75, 3.05) is 9.80 Å². The van der Waals surface area contributed by atoms with Gasteiger partial charge in [0.25, 0.3) is 0 Å². The normalized spacial score (nSPS) is 11.7. The minimum Gasteiger partial charge on any atom is -0.311 e. The molecule has 0 saturated heterocycles. The summed E-state index contributed by atoms with van der Waals surface area (Å²) in [6, 6.07) is 84.7. The molecule has 10 aromatic carbocycles. The van der Waals surface area contributed by atoms with E-state index in [0.29, 0.717) is 0 Å². The van der Waals surface area contributed by atoms with E-state index < -0.39 is 0 Å². The lowest BCUT2D eigenvalue weighted by atomic mass is 9.98. The SMILES string of the molecule is c1ccc(N(c2ccccc2)c2ccc(-c3cc(N(c4ccccc4)c4ccc5sc6ccccc6c5c4)c4sc5ccc(-c6ccc7sc8ccccc8c7c6)cc5c4c3)cc2)cc1. The standard InChI is InChI=1S/C60H38N2S3/c1-4-14-43(15-5-1)61(44-16-6-2-7-17-44)46-28-24-39(25-29-46)42-36-53-51-35-41(40-26-31-57-50(34-40)48-20-10-12-22-55(48)63-57)27-32-59(51)65-60(53)54(37-42)62(45-18-8-3-9-19-45)47-30-33-58-52(38-47)49-21-11-13-23-56(49)64-58/h1-38H. The number of hydrogen-bond donors (Lipinski definition) is 0. The van der Waals surface area contributed by atoms with E-state index in [1.807, 2.05) is 34.0 Å². The number of benzene rings is 10. The van der Waals surface area contributed by atoms with Gasteiger partial charge in [0.2, 0.25) is 0 Å². The Morgan fingerprint density at radius 3 is 1.22 bits per heavy atom. The molecule has 306 valence electrons. The number of fused-ring (bicyclic) bond motifs is 9. The van der Waals surface area contributed by atoms with Crippen LogP contribution in [0.1, 0.15) is 0 Å². The molecule has 0 unspecified atom stereocenters. The number of nitrogens with zero attached hydrogens (tertiary/aromatic N) is 2. The van der Waals surface area contributed by atoms with Crippen LogP contribution in [0.3, 0.4) is 0 Å². The Bertz CT molecular complexity index is 3850. The third-order valence-corrected chi connectivity index (χ3v) is 16.1. The molecule has 13 aromatic rings. The Balaban J connectivity index is 1.02. The second-order valence-electron chi connectivity index (χ2n) is 16.5. The monoisotopic (exact) mass is 882 g/mol. The molecule has 0 bridgehead atoms. The molecule has 13 rings (SSSR count). The number of thiophene rings is 3. The molecule has 0 atom stereocenters. The Morgan fingerprint density at radius 2 is 0.631 bits per heavy atom. The minimum absolute atomic E-state index is 1.11. The zero-order valence-electron chi connectivity index (χ0n) is 35.1. The van der Waals surface area contributed by atoms with Gasteiger partial charge in [-0.3, -0.25) is 0 Å². The summed E-state index contributed by atoms with van der Waals surface area (Å²) in [6.45, 7) is 0. The fourth-order valence-electron chi connectivity index (χ4n) is 9.54. The summed E-state index contributed by atoms with van der Waals surface area (Å²) >= 11 is 5.61. The molecule has 0 radical (unpaired) electrons. The molecule has 0 spiro atoms. The predicted molar refractivity (Wildman–Crippen MR) is 285 cm³/mol. The maximum absolute atomic E-state index is 2.48. The van der Waals surface area contributed by atoms with E-state index in [2.05, 4.69) is 240 Å². The van der Waals surface area contributed by atoms with Gasteiger partial charge >= 0.3 is 0 Å². The summed E-state index contributed by atoms with van der Waals surface area (Å²) in [4.78, 5) is 4.80. The molecule has 3 aromatic heterocycles. The summed E-state index contributed by atoms with van der Waals surface area (Å²) in [5.74, 6) is 0. The average molecular weight is 883 g/mol. The highest BCUT2D eigenvalue weighted by Gasteiger charge is 2.22. The second-order valence-corrected chi connectivity index (χ2v) is 19.7. The Labute approximate surface area is 388 Å². The molecule has 5 heteroatoms. The molecular weight excluding hydrogens is 845 g/mol. The summed E-state index contributed by atoms with van der Waals surface area (Å²) in [5.41, 5.74) is 11.6. The molecule has 0 saturated carbocycles. The van der Waals surface area contributed by atoms with E-state index >= 15 is 0 Å². The maximum atomic E-state index is 2.48. The molecule has 0 aliphatic carbocycles. The Kier molecular flexibility index (Phi) is 9.12. The van der Waals surface area contributed by atoms with E-state index in [9.17, 15) is 0 Å². The second kappa shape index (κ2) is 15.6. The van der Waals surface area contributed by atoms with Crippen molar-refractivity contribution in [3.05, 3.63) is 231 Å². The highest BCUT2D eigenvalue weighted by Crippen LogP contribution is 2.49. The van der Waals surface area contributed by atoms with Crippen molar-refractivity contribution in [2.24, 2.45) is 0 Å². The van der Waals surface area contributed by atoms with Crippen LogP contribution in [0.15, 0.2) is 231 Å². The quantitative estimate of drug-likeness (QED) is 0.150. The van der Waals surface area contributed by atoms with Gasteiger partial charge < -0.3 is 9.80 Å². The molecule has 65 heavy (non-hydrogen) atoms. The number of hydrogen-bond acceptors (Lipinski definition) is 5. The van der Waals surface area contributed by atoms with Crippen LogP contribution in [-0.2, 0) is 0 Å². The largest absolute Gasteiger partial charge is 0.311 e. The summed E-state index contributed by atoms with van der Waals surface area (Å²) in [6.07, 6.45) is 0. The third kappa shape index (κ3) is 6.59. The van der Waals surface area contributed by atoms with Crippen LogP contribution in [0.25, 0.3) is 82.8 Å². The Morgan fingerprint density at radius 1 is 0.231 bits per heavy atom. The van der Waals surface area contributed by atoms with Crippen LogP contribution in [0.5, 0.6) is 0 Å². The molecule has 3 heterocycles. The molecular formula is C60H38N2S3. The van der Waals surface area contributed by atoms with Crippen LogP contribution >= 0.6 is 34.0 Å². The highest BCUT2D eigenvalue weighted by atomic mass is 32.1. The first kappa shape index (κ1) is 38.0. The van der Waals surface area contributed by atoms with Gasteiger partial charge in [-0.25, -0.2) is 0 Å². The van der Waals surface area contributed by atoms with Crippen molar-refractivity contribution < 1.29 is 0 Å². The van der Waals surface area contributed by atoms with Gasteiger partial charge in [-0.2, -0.15) is 0 Å². The molecule has 0 aliphatic heterocycles. The van der Waals surface area contributed by atoms with Crippen LogP contribution < -0.4 is 9.80 Å². The van der Waals surface area contributed by atoms with Crippen molar-refractivity contribution in [1.29, 1.82) is 0 Å². The summed E-state index contributed by atoms with van der Waals surface area (Å²) in [5, 5.41) is 7.74. The van der Waals surface area contributed by atoms with Crippen LogP contribution in [0, 0.1) is 0 Å². The highest BCUT2D eigenvalue weighted by molar-refractivity contribution is 7.27. The number of para-hydroxylation sites is 3. The van der Waals surface area contributed by atoms with E-state index in [-0.39, 0.29) is 0 Å². The van der Waals surface area contributed by atoms with Crippen LogP contribution in [0.4, 0.5) is 34.1 Å². The lowest BCUT2D eigenvalue weighted by molar-refractivity contribution is 1.28. The van der Waals surface area contributed by atoms with E-state index in [4.69, 9.17) is 0 Å². The molecule has 0 aliphatic rings. The molecule has 0 fully saturated rings. The molecule has 0 amide bonds. The Hall–Kier alpha value is -7.54. The van der Waals surface area contributed by atoms with Gasteiger partial charge in [0.1, 0.15) is 0 Å². The van der Waals surface area contributed by atoms with E-state index in [1.54, 1.807) is 0 Å². The van der Waals surface area contributed by atoms with Crippen LogP contribution in [0.2, 0.25) is 0 Å². The van der Waals surface area contributed by atoms with Gasteiger partial charge in [0, 0.05) is 84.3 Å². The topological polar surface area (TPSA) is 6.48 Å². The van der Waals surface area contributed by atoms with Crippen molar-refractivity contribution in [3.8, 4) is 22.3 Å². The van der Waals surface area contributed by atoms with Crippen LogP contribution in [-0.4, -0.2) is 0 Å².